The molecule has 1 N–H and O–H groups in total. The molecule has 0 aromatic carbocycles. The van der Waals surface area contributed by atoms with E-state index in [0.29, 0.717) is 18.4 Å². The zero-order valence-corrected chi connectivity index (χ0v) is 9.88. The van der Waals surface area contributed by atoms with Crippen molar-refractivity contribution in [1.82, 2.24) is 10.2 Å². The first kappa shape index (κ1) is 13.4. The van der Waals surface area contributed by atoms with Crippen molar-refractivity contribution in [3.63, 3.8) is 0 Å². The second-order valence-electron chi connectivity index (χ2n) is 4.06. The summed E-state index contributed by atoms with van der Waals surface area (Å²) >= 11 is 0. The lowest BCUT2D eigenvalue weighted by atomic mass is 10.1. The molecular weight excluding hydrogens is 174 g/mol. The Morgan fingerprint density at radius 1 is 1.43 bits per heavy atom. The van der Waals surface area contributed by atoms with E-state index in [0.717, 1.165) is 19.6 Å². The quantitative estimate of drug-likeness (QED) is 0.671. The van der Waals surface area contributed by atoms with Crippen LogP contribution in [0.5, 0.6) is 0 Å². The average molecular weight is 197 g/mol. The molecule has 82 valence electrons. The highest BCUT2D eigenvalue weighted by Crippen LogP contribution is 2.04. The van der Waals surface area contributed by atoms with Crippen molar-refractivity contribution >= 4 is 0 Å². The first-order chi connectivity index (χ1) is 6.61. The summed E-state index contributed by atoms with van der Waals surface area (Å²) in [5.41, 5.74) is 0. The molecule has 14 heavy (non-hydrogen) atoms. The van der Waals surface area contributed by atoms with Crippen LogP contribution in [0.25, 0.3) is 0 Å². The fourth-order valence-corrected chi connectivity index (χ4v) is 1.41. The summed E-state index contributed by atoms with van der Waals surface area (Å²) in [7, 11) is 2.09. The highest BCUT2D eigenvalue weighted by molar-refractivity contribution is 4.79. The van der Waals surface area contributed by atoms with Gasteiger partial charge >= 0.3 is 0 Å². The Hall–Kier alpha value is -0.590. The van der Waals surface area contributed by atoms with Gasteiger partial charge in [-0.25, -0.2) is 0 Å². The maximum Gasteiger partial charge on any atom is 0.0638 e. The average Bonchev–Trinajstić information content (AvgIpc) is 2.15. The molecule has 2 unspecified atom stereocenters. The van der Waals surface area contributed by atoms with Gasteiger partial charge in [0.2, 0.25) is 0 Å². The lowest BCUT2D eigenvalue weighted by Gasteiger charge is -2.26. The Kier molecular flexibility index (Phi) is 7.45. The molecule has 0 saturated carbocycles. The van der Waals surface area contributed by atoms with E-state index in [1.807, 2.05) is 0 Å². The number of hydrogen-bond donors (Lipinski definition) is 1. The van der Waals surface area contributed by atoms with Crippen molar-refractivity contribution in [3.8, 4) is 6.07 Å². The summed E-state index contributed by atoms with van der Waals surface area (Å²) in [6.45, 7) is 9.59. The topological polar surface area (TPSA) is 39.1 Å². The van der Waals surface area contributed by atoms with E-state index in [1.54, 1.807) is 0 Å². The van der Waals surface area contributed by atoms with E-state index < -0.39 is 0 Å². The maximum atomic E-state index is 8.57. The summed E-state index contributed by atoms with van der Waals surface area (Å²) in [6.07, 6.45) is 0.616. The molecule has 0 aliphatic carbocycles. The van der Waals surface area contributed by atoms with Gasteiger partial charge < -0.3 is 10.2 Å². The summed E-state index contributed by atoms with van der Waals surface area (Å²) < 4.78 is 0. The predicted molar refractivity (Wildman–Crippen MR) is 60.0 cm³/mol. The third-order valence-corrected chi connectivity index (χ3v) is 2.48. The van der Waals surface area contributed by atoms with Gasteiger partial charge in [0.15, 0.2) is 0 Å². The zero-order chi connectivity index (χ0) is 11.0. The molecule has 3 heteroatoms. The van der Waals surface area contributed by atoms with E-state index in [1.165, 1.54) is 0 Å². The number of nitrogens with zero attached hydrogens (tertiary/aromatic N) is 2. The van der Waals surface area contributed by atoms with E-state index >= 15 is 0 Å². The molecule has 0 aromatic heterocycles. The van der Waals surface area contributed by atoms with Crippen LogP contribution in [-0.4, -0.2) is 37.6 Å². The minimum Gasteiger partial charge on any atom is -0.317 e. The molecule has 0 aromatic rings. The molecule has 0 saturated heterocycles. The fourth-order valence-electron chi connectivity index (χ4n) is 1.41. The van der Waals surface area contributed by atoms with Crippen molar-refractivity contribution in [1.29, 1.82) is 5.26 Å². The van der Waals surface area contributed by atoms with Crippen LogP contribution in [0.3, 0.4) is 0 Å². The van der Waals surface area contributed by atoms with Gasteiger partial charge in [0, 0.05) is 12.6 Å². The molecule has 0 heterocycles. The minimum absolute atomic E-state index is 0.365. The largest absolute Gasteiger partial charge is 0.317 e. The predicted octanol–water partition coefficient (Wildman–Crippen LogP) is 1.47. The molecule has 0 spiro atoms. The maximum absolute atomic E-state index is 8.57. The highest BCUT2D eigenvalue weighted by atomic mass is 15.1. The van der Waals surface area contributed by atoms with Gasteiger partial charge in [0.25, 0.3) is 0 Å². The van der Waals surface area contributed by atoms with E-state index in [9.17, 15) is 0 Å². The van der Waals surface area contributed by atoms with Crippen LogP contribution in [-0.2, 0) is 0 Å². The molecule has 0 bridgehead atoms. The SMILES string of the molecule is CCNCC(C)CN(C)C(C)CC#N. The van der Waals surface area contributed by atoms with Crippen molar-refractivity contribution in [3.05, 3.63) is 0 Å². The summed E-state index contributed by atoms with van der Waals surface area (Å²) in [5, 5.41) is 11.9. The third-order valence-electron chi connectivity index (χ3n) is 2.48. The first-order valence-electron chi connectivity index (χ1n) is 5.39. The second-order valence-corrected chi connectivity index (χ2v) is 4.06. The molecule has 2 atom stereocenters. The van der Waals surface area contributed by atoms with E-state index in [4.69, 9.17) is 5.26 Å². The smallest absolute Gasteiger partial charge is 0.0638 e. The summed E-state index contributed by atoms with van der Waals surface area (Å²) in [4.78, 5) is 2.26. The molecule has 0 aliphatic rings. The van der Waals surface area contributed by atoms with Gasteiger partial charge in [-0.2, -0.15) is 5.26 Å². The first-order valence-corrected chi connectivity index (χ1v) is 5.39. The molecule has 0 amide bonds. The molecule has 0 radical (unpaired) electrons. The molecule has 0 rings (SSSR count). The van der Waals surface area contributed by atoms with Gasteiger partial charge in [-0.1, -0.05) is 13.8 Å². The van der Waals surface area contributed by atoms with Crippen LogP contribution < -0.4 is 5.32 Å². The van der Waals surface area contributed by atoms with Gasteiger partial charge in [0.05, 0.1) is 12.5 Å². The van der Waals surface area contributed by atoms with Crippen LogP contribution in [0, 0.1) is 17.2 Å². The van der Waals surface area contributed by atoms with Crippen molar-refractivity contribution in [2.45, 2.75) is 33.2 Å². The van der Waals surface area contributed by atoms with Crippen molar-refractivity contribution < 1.29 is 0 Å². The summed E-state index contributed by atoms with van der Waals surface area (Å²) in [5.74, 6) is 0.640. The van der Waals surface area contributed by atoms with Gasteiger partial charge in [-0.15, -0.1) is 0 Å². The highest BCUT2D eigenvalue weighted by Gasteiger charge is 2.11. The lowest BCUT2D eigenvalue weighted by molar-refractivity contribution is 0.224. The Bertz CT molecular complexity index is 174. The number of nitrogens with one attached hydrogen (secondary N) is 1. The Labute approximate surface area is 88.1 Å². The fraction of sp³-hybridized carbons (Fsp3) is 0.909. The Morgan fingerprint density at radius 2 is 2.07 bits per heavy atom. The van der Waals surface area contributed by atoms with Crippen LogP contribution >= 0.6 is 0 Å². The summed E-state index contributed by atoms with van der Waals surface area (Å²) in [6, 6.07) is 2.57. The van der Waals surface area contributed by atoms with Gasteiger partial charge in [-0.05, 0) is 33.0 Å². The number of nitriles is 1. The molecular formula is C11H23N3. The van der Waals surface area contributed by atoms with Crippen molar-refractivity contribution in [2.75, 3.05) is 26.7 Å². The number of rotatable bonds is 7. The Morgan fingerprint density at radius 3 is 2.57 bits per heavy atom. The lowest BCUT2D eigenvalue weighted by Crippen LogP contribution is -2.36. The standard InChI is InChI=1S/C11H23N3/c1-5-13-8-10(2)9-14(4)11(3)6-7-12/h10-11,13H,5-6,8-9H2,1-4H3. The Balaban J connectivity index is 3.69. The molecule has 3 nitrogen and oxygen atoms in total. The van der Waals surface area contributed by atoms with E-state index in [2.05, 4.69) is 44.1 Å². The van der Waals surface area contributed by atoms with E-state index in [-0.39, 0.29) is 0 Å². The van der Waals surface area contributed by atoms with Crippen LogP contribution in [0.2, 0.25) is 0 Å². The van der Waals surface area contributed by atoms with Crippen LogP contribution in [0.1, 0.15) is 27.2 Å². The molecule has 0 aliphatic heterocycles. The minimum atomic E-state index is 0.365. The molecule has 0 fully saturated rings. The van der Waals surface area contributed by atoms with Crippen LogP contribution in [0.4, 0.5) is 0 Å². The van der Waals surface area contributed by atoms with Crippen molar-refractivity contribution in [2.24, 2.45) is 5.92 Å². The third kappa shape index (κ3) is 5.95. The zero-order valence-electron chi connectivity index (χ0n) is 9.88. The normalized spacial score (nSPS) is 15.1. The monoisotopic (exact) mass is 197 g/mol. The van der Waals surface area contributed by atoms with Gasteiger partial charge in [-0.3, -0.25) is 0 Å². The number of hydrogen-bond acceptors (Lipinski definition) is 3. The van der Waals surface area contributed by atoms with Gasteiger partial charge in [0.1, 0.15) is 0 Å². The second kappa shape index (κ2) is 7.78. The van der Waals surface area contributed by atoms with Crippen LogP contribution in [0.15, 0.2) is 0 Å².